The van der Waals surface area contributed by atoms with E-state index in [4.69, 9.17) is 0 Å². The third-order valence-electron chi connectivity index (χ3n) is 9.38. The molecule has 0 N–H and O–H groups in total. The summed E-state index contributed by atoms with van der Waals surface area (Å²) in [5, 5.41) is 0. The van der Waals surface area contributed by atoms with Crippen LogP contribution in [0.3, 0.4) is 0 Å². The molecule has 0 bridgehead atoms. The first kappa shape index (κ1) is 28.9. The lowest BCUT2D eigenvalue weighted by Crippen LogP contribution is -2.34. The molecule has 1 radical (unpaired) electrons. The van der Waals surface area contributed by atoms with Gasteiger partial charge in [-0.2, -0.15) is 0 Å². The van der Waals surface area contributed by atoms with Crippen LogP contribution in [0.2, 0.25) is 0 Å². The van der Waals surface area contributed by atoms with E-state index in [1.807, 2.05) is 0 Å². The topological polar surface area (TPSA) is 0 Å². The molecule has 5 rings (SSSR count). The van der Waals surface area contributed by atoms with Crippen LogP contribution in [0.5, 0.6) is 0 Å². The highest BCUT2D eigenvalue weighted by Gasteiger charge is 2.42. The summed E-state index contributed by atoms with van der Waals surface area (Å²) in [4.78, 5) is 0. The normalized spacial score (nSPS) is 18.3. The molecule has 2 unspecified atom stereocenters. The van der Waals surface area contributed by atoms with E-state index in [2.05, 4.69) is 136 Å². The number of hydrogen-bond acceptors (Lipinski definition) is 0. The van der Waals surface area contributed by atoms with Crippen molar-refractivity contribution in [3.05, 3.63) is 116 Å². The second kappa shape index (κ2) is 11.3. The minimum atomic E-state index is -0.977. The monoisotopic (exact) mass is 545 g/mol. The summed E-state index contributed by atoms with van der Waals surface area (Å²) in [5.74, 6) is 2.11. The molecule has 2 atom stereocenters. The largest absolute Gasteiger partial charge is 0.0794 e. The molecular weight excluding hydrogens is 497 g/mol. The average Bonchev–Trinajstić information content (AvgIpc) is 3.41. The van der Waals surface area contributed by atoms with Gasteiger partial charge in [0.25, 0.3) is 0 Å². The summed E-state index contributed by atoms with van der Waals surface area (Å²) in [7, 11) is -0.977. The van der Waals surface area contributed by atoms with Crippen molar-refractivity contribution in [3.8, 4) is 0 Å². The van der Waals surface area contributed by atoms with Gasteiger partial charge >= 0.3 is 0 Å². The minimum Gasteiger partial charge on any atom is -0.0681 e. The molecule has 40 heavy (non-hydrogen) atoms. The van der Waals surface area contributed by atoms with E-state index in [1.54, 1.807) is 22.3 Å². The maximum atomic E-state index is 2.60. The molecule has 2 aliphatic carbocycles. The van der Waals surface area contributed by atoms with Gasteiger partial charge in [0.1, 0.15) is 0 Å². The van der Waals surface area contributed by atoms with Crippen LogP contribution in [0.4, 0.5) is 0 Å². The number of allylic oxidation sites excluding steroid dienone is 2. The van der Waals surface area contributed by atoms with Crippen LogP contribution in [0.25, 0.3) is 12.2 Å². The summed E-state index contributed by atoms with van der Waals surface area (Å²) in [6.45, 7) is 23.7. The quantitative estimate of drug-likeness (QED) is 0.247. The van der Waals surface area contributed by atoms with Gasteiger partial charge in [0, 0.05) is 0 Å². The number of fused-ring (bicyclic) bond motifs is 2. The zero-order valence-electron chi connectivity index (χ0n) is 26.5. The van der Waals surface area contributed by atoms with Crippen LogP contribution >= 0.6 is 0 Å². The summed E-state index contributed by atoms with van der Waals surface area (Å²) in [5.41, 5.74) is 18.0. The Bertz CT molecular complexity index is 1360. The van der Waals surface area contributed by atoms with Crippen LogP contribution in [0.15, 0.2) is 65.7 Å². The van der Waals surface area contributed by atoms with Crippen molar-refractivity contribution >= 4 is 20.9 Å². The Labute approximate surface area is 246 Å². The zero-order valence-corrected chi connectivity index (χ0v) is 27.5. The fraction of sp³-hybridized carbons (Fsp3) is 0.436. The van der Waals surface area contributed by atoms with Crippen LogP contribution in [-0.4, -0.2) is 8.80 Å². The molecule has 0 nitrogen and oxygen atoms in total. The predicted molar refractivity (Wildman–Crippen MR) is 178 cm³/mol. The summed E-state index contributed by atoms with van der Waals surface area (Å²) in [6, 6.07) is 22.7. The zero-order chi connectivity index (χ0) is 28.9. The molecule has 0 aromatic heterocycles. The second-order valence-electron chi connectivity index (χ2n) is 13.7. The standard InChI is InChI=1S/C39H49Si/c1-23(2)30-18-32(25(5)6)34-16-27(9)38(36(34)20-30)40(22-29-14-12-11-13-15-29)39-28(10)17-35-33(26(7)8)19-31(24(3)4)21-37(35)39/h11-21,23-26,38-39H,22H2,1-10H3. The Kier molecular flexibility index (Phi) is 8.17. The Morgan fingerprint density at radius 3 is 1.38 bits per heavy atom. The van der Waals surface area contributed by atoms with Crippen molar-refractivity contribution in [1.29, 1.82) is 0 Å². The lowest BCUT2D eigenvalue weighted by Gasteiger charge is -2.33. The van der Waals surface area contributed by atoms with Crippen molar-refractivity contribution < 1.29 is 0 Å². The highest BCUT2D eigenvalue weighted by atomic mass is 28.3. The van der Waals surface area contributed by atoms with Crippen molar-refractivity contribution in [2.45, 2.75) is 110 Å². The fourth-order valence-corrected chi connectivity index (χ4v) is 11.2. The molecule has 0 aliphatic heterocycles. The van der Waals surface area contributed by atoms with Crippen molar-refractivity contribution in [3.63, 3.8) is 0 Å². The molecule has 0 saturated heterocycles. The van der Waals surface area contributed by atoms with Crippen LogP contribution in [-0.2, 0) is 6.04 Å². The third-order valence-corrected chi connectivity index (χ3v) is 13.2. The molecule has 0 saturated carbocycles. The lowest BCUT2D eigenvalue weighted by atomic mass is 9.89. The first-order valence-electron chi connectivity index (χ1n) is 15.6. The van der Waals surface area contributed by atoms with Crippen LogP contribution < -0.4 is 0 Å². The molecule has 3 aromatic carbocycles. The molecule has 0 spiro atoms. The smallest absolute Gasteiger partial charge is 0.0681 e. The molecule has 0 fully saturated rings. The van der Waals surface area contributed by atoms with Gasteiger partial charge in [-0.25, -0.2) is 0 Å². The van der Waals surface area contributed by atoms with E-state index in [0.717, 1.165) is 0 Å². The fourth-order valence-electron chi connectivity index (χ4n) is 7.18. The third kappa shape index (κ3) is 5.23. The van der Waals surface area contributed by atoms with E-state index in [-0.39, 0.29) is 0 Å². The SMILES string of the molecule is CC1=Cc2c(C(C)C)cc(C(C)C)cc2C1[Si](Cc1ccccc1)C1C(C)=Cc2c(C(C)C)cc(C(C)C)cc21. The van der Waals surface area contributed by atoms with E-state index in [1.165, 1.54) is 45.0 Å². The number of rotatable bonds is 8. The van der Waals surface area contributed by atoms with Crippen molar-refractivity contribution in [2.75, 3.05) is 0 Å². The van der Waals surface area contributed by atoms with Crippen LogP contribution in [0, 0.1) is 0 Å². The van der Waals surface area contributed by atoms with Gasteiger partial charge in [-0.3, -0.25) is 0 Å². The highest BCUT2D eigenvalue weighted by Crippen LogP contribution is 2.51. The van der Waals surface area contributed by atoms with Gasteiger partial charge in [0.2, 0.25) is 0 Å². The van der Waals surface area contributed by atoms with Gasteiger partial charge in [0.05, 0.1) is 8.80 Å². The first-order valence-corrected chi connectivity index (χ1v) is 17.4. The Morgan fingerprint density at radius 2 is 1.00 bits per heavy atom. The van der Waals surface area contributed by atoms with E-state index >= 15 is 0 Å². The maximum absolute atomic E-state index is 2.60. The first-order chi connectivity index (χ1) is 19.0. The molecule has 3 aromatic rings. The predicted octanol–water partition coefficient (Wildman–Crippen LogP) is 11.2. The van der Waals surface area contributed by atoms with Gasteiger partial charge in [0.15, 0.2) is 0 Å². The van der Waals surface area contributed by atoms with Gasteiger partial charge in [-0.15, -0.1) is 0 Å². The average molecular weight is 546 g/mol. The molecular formula is C39H49Si. The second-order valence-corrected chi connectivity index (χ2v) is 16.4. The maximum Gasteiger partial charge on any atom is 0.0794 e. The Balaban J connectivity index is 1.73. The van der Waals surface area contributed by atoms with E-state index in [9.17, 15) is 0 Å². The molecule has 0 amide bonds. The lowest BCUT2D eigenvalue weighted by molar-refractivity contribution is 0.823. The molecule has 1 heteroatoms. The highest BCUT2D eigenvalue weighted by molar-refractivity contribution is 6.64. The summed E-state index contributed by atoms with van der Waals surface area (Å²) >= 11 is 0. The number of hydrogen-bond donors (Lipinski definition) is 0. The van der Waals surface area contributed by atoms with Crippen molar-refractivity contribution in [1.82, 2.24) is 0 Å². The van der Waals surface area contributed by atoms with Crippen molar-refractivity contribution in [2.24, 2.45) is 0 Å². The van der Waals surface area contributed by atoms with Gasteiger partial charge < -0.3 is 0 Å². The van der Waals surface area contributed by atoms with Crippen LogP contribution in [0.1, 0.15) is 154 Å². The summed E-state index contributed by atoms with van der Waals surface area (Å²) < 4.78 is 0. The van der Waals surface area contributed by atoms with Gasteiger partial charge in [-0.05, 0) is 99.2 Å². The molecule has 209 valence electrons. The minimum absolute atomic E-state index is 0.515. The van der Waals surface area contributed by atoms with E-state index < -0.39 is 8.80 Å². The summed E-state index contributed by atoms with van der Waals surface area (Å²) in [6.07, 6.45) is 5.13. The Morgan fingerprint density at radius 1 is 0.575 bits per heavy atom. The van der Waals surface area contributed by atoms with Gasteiger partial charge in [-0.1, -0.05) is 139 Å². The van der Waals surface area contributed by atoms with E-state index in [0.29, 0.717) is 34.8 Å². The Hall–Kier alpha value is -2.64. The molecule has 2 aliphatic rings. The number of benzene rings is 3. The molecule has 0 heterocycles.